The van der Waals surface area contributed by atoms with E-state index in [1.54, 1.807) is 6.92 Å². The van der Waals surface area contributed by atoms with Crippen molar-refractivity contribution in [2.75, 3.05) is 13.1 Å². The first-order valence-electron chi connectivity index (χ1n) is 4.74. The van der Waals surface area contributed by atoms with E-state index in [2.05, 4.69) is 5.32 Å². The number of carbonyl (C=O) groups excluding carboxylic acids is 1. The molecule has 0 rings (SSSR count). The molecular weight excluding hydrogens is 184 g/mol. The van der Waals surface area contributed by atoms with Crippen molar-refractivity contribution >= 4 is 11.9 Å². The van der Waals surface area contributed by atoms with E-state index in [0.29, 0.717) is 25.9 Å². The fourth-order valence-electron chi connectivity index (χ4n) is 1.01. The lowest BCUT2D eigenvalue weighted by Gasteiger charge is -2.09. The van der Waals surface area contributed by atoms with Crippen molar-refractivity contribution in [3.8, 4) is 0 Å². The maximum Gasteiger partial charge on any atom is 0.303 e. The lowest BCUT2D eigenvalue weighted by Crippen LogP contribution is -2.29. The predicted molar refractivity (Wildman–Crippen MR) is 52.7 cm³/mol. The molecule has 0 aliphatic heterocycles. The molecule has 0 radical (unpaired) electrons. The van der Waals surface area contributed by atoms with Crippen LogP contribution in [0.4, 0.5) is 0 Å². The molecule has 5 nitrogen and oxygen atoms in total. The number of carboxylic acids is 1. The summed E-state index contributed by atoms with van der Waals surface area (Å²) in [6.07, 6.45) is 1.16. The lowest BCUT2D eigenvalue weighted by atomic mass is 10.1. The van der Waals surface area contributed by atoms with Gasteiger partial charge in [0.15, 0.2) is 0 Å². The van der Waals surface area contributed by atoms with E-state index in [9.17, 15) is 9.59 Å². The molecule has 0 aromatic carbocycles. The molecule has 5 heteroatoms. The average molecular weight is 202 g/mol. The molecule has 0 spiro atoms. The lowest BCUT2D eigenvalue weighted by molar-refractivity contribution is -0.138. The van der Waals surface area contributed by atoms with Gasteiger partial charge in [-0.25, -0.2) is 0 Å². The summed E-state index contributed by atoms with van der Waals surface area (Å²) in [4.78, 5) is 21.4. The van der Waals surface area contributed by atoms with Gasteiger partial charge in [-0.15, -0.1) is 0 Å². The number of carboxylic acid groups (broad SMARTS) is 1. The van der Waals surface area contributed by atoms with Crippen molar-refractivity contribution in [3.63, 3.8) is 0 Å². The molecule has 1 amide bonds. The van der Waals surface area contributed by atoms with Gasteiger partial charge in [-0.05, 0) is 18.9 Å². The zero-order valence-corrected chi connectivity index (χ0v) is 8.45. The molecule has 82 valence electrons. The van der Waals surface area contributed by atoms with Crippen LogP contribution in [0.15, 0.2) is 0 Å². The molecule has 0 saturated carbocycles. The van der Waals surface area contributed by atoms with E-state index in [0.717, 1.165) is 0 Å². The van der Waals surface area contributed by atoms with Crippen LogP contribution in [0.3, 0.4) is 0 Å². The van der Waals surface area contributed by atoms with Crippen LogP contribution in [0.1, 0.15) is 26.2 Å². The van der Waals surface area contributed by atoms with Crippen LogP contribution < -0.4 is 11.1 Å². The van der Waals surface area contributed by atoms with Gasteiger partial charge in [-0.3, -0.25) is 9.59 Å². The Hall–Kier alpha value is -1.10. The monoisotopic (exact) mass is 202 g/mol. The number of rotatable bonds is 7. The van der Waals surface area contributed by atoms with Crippen LogP contribution >= 0.6 is 0 Å². The second-order valence-corrected chi connectivity index (χ2v) is 3.40. The molecule has 0 saturated heterocycles. The average Bonchev–Trinajstić information content (AvgIpc) is 2.10. The number of aliphatic carboxylic acids is 1. The molecular formula is C9H18N2O3. The summed E-state index contributed by atoms with van der Waals surface area (Å²) in [5.41, 5.74) is 5.24. The second kappa shape index (κ2) is 7.32. The standard InChI is InChI=1S/C9H18N2O3/c1-7(5-9(13)14)6-11-8(12)3-2-4-10/h7H,2-6,10H2,1H3,(H,11,12)(H,13,14). The summed E-state index contributed by atoms with van der Waals surface area (Å²) in [5, 5.41) is 11.1. The molecule has 1 unspecified atom stereocenters. The Morgan fingerprint density at radius 2 is 2.14 bits per heavy atom. The Morgan fingerprint density at radius 1 is 1.50 bits per heavy atom. The van der Waals surface area contributed by atoms with Crippen LogP contribution in [-0.2, 0) is 9.59 Å². The summed E-state index contributed by atoms with van der Waals surface area (Å²) < 4.78 is 0. The molecule has 0 heterocycles. The Balaban J connectivity index is 3.50. The summed E-state index contributed by atoms with van der Waals surface area (Å²) in [7, 11) is 0. The van der Waals surface area contributed by atoms with Crippen molar-refractivity contribution in [1.82, 2.24) is 5.32 Å². The zero-order chi connectivity index (χ0) is 11.0. The molecule has 0 aliphatic rings. The SMILES string of the molecule is CC(CNC(=O)CCCN)CC(=O)O. The first-order chi connectivity index (χ1) is 6.56. The zero-order valence-electron chi connectivity index (χ0n) is 8.45. The minimum atomic E-state index is -0.839. The van der Waals surface area contributed by atoms with Crippen LogP contribution in [0.2, 0.25) is 0 Å². The number of nitrogens with two attached hydrogens (primary N) is 1. The molecule has 4 N–H and O–H groups in total. The number of nitrogens with one attached hydrogen (secondary N) is 1. The van der Waals surface area contributed by atoms with E-state index < -0.39 is 5.97 Å². The molecule has 0 aliphatic carbocycles. The largest absolute Gasteiger partial charge is 0.481 e. The van der Waals surface area contributed by atoms with E-state index >= 15 is 0 Å². The smallest absolute Gasteiger partial charge is 0.303 e. The fraction of sp³-hybridized carbons (Fsp3) is 0.778. The normalized spacial score (nSPS) is 12.1. The highest BCUT2D eigenvalue weighted by atomic mass is 16.4. The van der Waals surface area contributed by atoms with Crippen molar-refractivity contribution in [2.45, 2.75) is 26.2 Å². The van der Waals surface area contributed by atoms with Crippen LogP contribution in [0, 0.1) is 5.92 Å². The van der Waals surface area contributed by atoms with Gasteiger partial charge < -0.3 is 16.2 Å². The number of amides is 1. The Labute approximate surface area is 83.7 Å². The van der Waals surface area contributed by atoms with Crippen molar-refractivity contribution in [1.29, 1.82) is 0 Å². The van der Waals surface area contributed by atoms with Gasteiger partial charge in [0.25, 0.3) is 0 Å². The minimum Gasteiger partial charge on any atom is -0.481 e. The molecule has 1 atom stereocenters. The molecule has 0 aromatic rings. The summed E-state index contributed by atoms with van der Waals surface area (Å²) in [5.74, 6) is -0.935. The molecule has 0 aromatic heterocycles. The third kappa shape index (κ3) is 7.54. The summed E-state index contributed by atoms with van der Waals surface area (Å²) in [6, 6.07) is 0. The van der Waals surface area contributed by atoms with Gasteiger partial charge in [-0.1, -0.05) is 6.92 Å². The Kier molecular flexibility index (Phi) is 6.74. The van der Waals surface area contributed by atoms with Gasteiger partial charge in [0, 0.05) is 19.4 Å². The first-order valence-corrected chi connectivity index (χ1v) is 4.74. The second-order valence-electron chi connectivity index (χ2n) is 3.40. The fourth-order valence-corrected chi connectivity index (χ4v) is 1.01. The Morgan fingerprint density at radius 3 is 2.64 bits per heavy atom. The van der Waals surface area contributed by atoms with Gasteiger partial charge in [-0.2, -0.15) is 0 Å². The van der Waals surface area contributed by atoms with E-state index in [1.165, 1.54) is 0 Å². The van der Waals surface area contributed by atoms with E-state index in [4.69, 9.17) is 10.8 Å². The maximum atomic E-state index is 11.1. The van der Waals surface area contributed by atoms with E-state index in [1.807, 2.05) is 0 Å². The third-order valence-corrected chi connectivity index (χ3v) is 1.78. The van der Waals surface area contributed by atoms with E-state index in [-0.39, 0.29) is 18.2 Å². The van der Waals surface area contributed by atoms with Crippen molar-refractivity contribution in [2.24, 2.45) is 11.7 Å². The minimum absolute atomic E-state index is 0.0330. The third-order valence-electron chi connectivity index (χ3n) is 1.78. The Bertz CT molecular complexity index is 194. The number of carbonyl (C=O) groups is 2. The quantitative estimate of drug-likeness (QED) is 0.539. The van der Waals surface area contributed by atoms with Gasteiger partial charge in [0.05, 0.1) is 0 Å². The number of hydrogen-bond acceptors (Lipinski definition) is 3. The highest BCUT2D eigenvalue weighted by Crippen LogP contribution is 1.99. The summed E-state index contributed by atoms with van der Waals surface area (Å²) in [6.45, 7) is 2.70. The summed E-state index contributed by atoms with van der Waals surface area (Å²) >= 11 is 0. The van der Waals surface area contributed by atoms with Gasteiger partial charge in [0.2, 0.25) is 5.91 Å². The van der Waals surface area contributed by atoms with Crippen molar-refractivity contribution < 1.29 is 14.7 Å². The van der Waals surface area contributed by atoms with Crippen LogP contribution in [-0.4, -0.2) is 30.1 Å². The van der Waals surface area contributed by atoms with Crippen LogP contribution in [0.5, 0.6) is 0 Å². The molecule has 0 bridgehead atoms. The van der Waals surface area contributed by atoms with Gasteiger partial charge >= 0.3 is 5.97 Å². The highest BCUT2D eigenvalue weighted by Gasteiger charge is 2.08. The van der Waals surface area contributed by atoms with Crippen molar-refractivity contribution in [3.05, 3.63) is 0 Å². The first kappa shape index (κ1) is 12.9. The topological polar surface area (TPSA) is 92.4 Å². The van der Waals surface area contributed by atoms with Gasteiger partial charge in [0.1, 0.15) is 0 Å². The predicted octanol–water partition coefficient (Wildman–Crippen LogP) is -0.0477. The molecule has 0 fully saturated rings. The van der Waals surface area contributed by atoms with Crippen LogP contribution in [0.25, 0.3) is 0 Å². The molecule has 14 heavy (non-hydrogen) atoms. The number of hydrogen-bond donors (Lipinski definition) is 3. The maximum absolute atomic E-state index is 11.1. The highest BCUT2D eigenvalue weighted by molar-refractivity contribution is 5.75.